The maximum absolute atomic E-state index is 12.6. The van der Waals surface area contributed by atoms with Crippen molar-refractivity contribution in [3.05, 3.63) is 60.4 Å². The largest absolute Gasteiger partial charge is 0.366 e. The van der Waals surface area contributed by atoms with Gasteiger partial charge in [-0.2, -0.15) is 0 Å². The fourth-order valence-corrected chi connectivity index (χ4v) is 3.27. The number of hydrogen-bond donors (Lipinski definition) is 1. The van der Waals surface area contributed by atoms with Gasteiger partial charge in [-0.05, 0) is 23.8 Å². The molecule has 0 radical (unpaired) electrons. The van der Waals surface area contributed by atoms with E-state index in [1.165, 1.54) is 5.56 Å². The predicted octanol–water partition coefficient (Wildman–Crippen LogP) is 2.41. The summed E-state index contributed by atoms with van der Waals surface area (Å²) in [6.07, 6.45) is 1.30. The fraction of sp³-hybridized carbons (Fsp3) is 0.300. The highest BCUT2D eigenvalue weighted by Gasteiger charge is 2.26. The molecule has 6 heteroatoms. The standard InChI is InChI=1S/C20H22N4O2/c1-23-14-21-17-8-7-16(11-18(17)23)22-20(25)19-13-24(9-10-26-19)12-15-5-3-2-4-6-15/h2-8,11,14,19H,9-10,12-13H2,1H3,(H,22,25). The summed E-state index contributed by atoms with van der Waals surface area (Å²) < 4.78 is 7.64. The molecule has 2 aromatic carbocycles. The Kier molecular flexibility index (Phi) is 4.69. The Hall–Kier alpha value is -2.70. The van der Waals surface area contributed by atoms with Crippen LogP contribution in [0.5, 0.6) is 0 Å². The number of nitrogens with one attached hydrogen (secondary N) is 1. The topological polar surface area (TPSA) is 59.4 Å². The van der Waals surface area contributed by atoms with Crippen LogP contribution in [0.25, 0.3) is 11.0 Å². The zero-order valence-electron chi connectivity index (χ0n) is 14.8. The number of aromatic nitrogens is 2. The number of morpholine rings is 1. The Bertz CT molecular complexity index is 907. The van der Waals surface area contributed by atoms with Gasteiger partial charge in [0.05, 0.1) is 24.0 Å². The minimum Gasteiger partial charge on any atom is -0.366 e. The first-order chi connectivity index (χ1) is 12.7. The van der Waals surface area contributed by atoms with E-state index in [0.717, 1.165) is 29.8 Å². The average Bonchev–Trinajstić information content (AvgIpc) is 3.03. The summed E-state index contributed by atoms with van der Waals surface area (Å²) in [5.74, 6) is -0.107. The number of carbonyl (C=O) groups excluding carboxylic acids is 1. The third-order valence-electron chi connectivity index (χ3n) is 4.68. The van der Waals surface area contributed by atoms with E-state index in [1.807, 2.05) is 48.0 Å². The molecule has 1 atom stereocenters. The molecule has 1 aliphatic rings. The second kappa shape index (κ2) is 7.27. The van der Waals surface area contributed by atoms with Gasteiger partial charge in [-0.25, -0.2) is 4.98 Å². The Labute approximate surface area is 152 Å². The first-order valence-corrected chi connectivity index (χ1v) is 8.79. The van der Waals surface area contributed by atoms with Crippen LogP contribution in [0.1, 0.15) is 5.56 Å². The summed E-state index contributed by atoms with van der Waals surface area (Å²) in [5, 5.41) is 2.97. The van der Waals surface area contributed by atoms with Gasteiger partial charge in [-0.3, -0.25) is 9.69 Å². The van der Waals surface area contributed by atoms with Crippen molar-refractivity contribution >= 4 is 22.6 Å². The number of benzene rings is 2. The second-order valence-corrected chi connectivity index (χ2v) is 6.63. The molecule has 3 aromatic rings. The maximum Gasteiger partial charge on any atom is 0.254 e. The molecule has 134 valence electrons. The van der Waals surface area contributed by atoms with E-state index in [0.29, 0.717) is 13.2 Å². The van der Waals surface area contributed by atoms with Crippen molar-refractivity contribution < 1.29 is 9.53 Å². The number of aryl methyl sites for hydroxylation is 1. The van der Waals surface area contributed by atoms with Crippen LogP contribution in [0.2, 0.25) is 0 Å². The van der Waals surface area contributed by atoms with Crippen LogP contribution in [0.15, 0.2) is 54.9 Å². The third kappa shape index (κ3) is 3.61. The molecule has 0 aliphatic carbocycles. The SMILES string of the molecule is Cn1cnc2ccc(NC(=O)C3CN(Cc4ccccc4)CCO3)cc21. The van der Waals surface area contributed by atoms with Crippen LogP contribution in [-0.4, -0.2) is 46.2 Å². The first kappa shape index (κ1) is 16.8. The number of amides is 1. The second-order valence-electron chi connectivity index (χ2n) is 6.63. The number of fused-ring (bicyclic) bond motifs is 1. The number of anilines is 1. The monoisotopic (exact) mass is 350 g/mol. The van der Waals surface area contributed by atoms with Gasteiger partial charge < -0.3 is 14.6 Å². The van der Waals surface area contributed by atoms with E-state index in [1.54, 1.807) is 6.33 Å². The van der Waals surface area contributed by atoms with Crippen LogP contribution < -0.4 is 5.32 Å². The van der Waals surface area contributed by atoms with Crippen molar-refractivity contribution in [1.29, 1.82) is 0 Å². The summed E-state index contributed by atoms with van der Waals surface area (Å²) in [6, 6.07) is 16.0. The number of imidazole rings is 1. The van der Waals surface area contributed by atoms with E-state index >= 15 is 0 Å². The minimum atomic E-state index is -0.463. The van der Waals surface area contributed by atoms with Crippen molar-refractivity contribution in [3.63, 3.8) is 0 Å². The van der Waals surface area contributed by atoms with Crippen LogP contribution in [0.4, 0.5) is 5.69 Å². The quantitative estimate of drug-likeness (QED) is 0.785. The molecule has 1 amide bonds. The summed E-state index contributed by atoms with van der Waals surface area (Å²) >= 11 is 0. The Morgan fingerprint density at radius 3 is 2.96 bits per heavy atom. The molecule has 6 nitrogen and oxygen atoms in total. The van der Waals surface area contributed by atoms with Crippen molar-refractivity contribution in [1.82, 2.24) is 14.5 Å². The van der Waals surface area contributed by atoms with E-state index in [2.05, 4.69) is 27.3 Å². The molecule has 1 saturated heterocycles. The lowest BCUT2D eigenvalue weighted by Gasteiger charge is -2.32. The van der Waals surface area contributed by atoms with Crippen LogP contribution >= 0.6 is 0 Å². The number of ether oxygens (including phenoxy) is 1. The molecule has 2 heterocycles. The van der Waals surface area contributed by atoms with Gasteiger partial charge in [0, 0.05) is 32.4 Å². The highest BCUT2D eigenvalue weighted by Crippen LogP contribution is 2.18. The first-order valence-electron chi connectivity index (χ1n) is 8.79. The molecular weight excluding hydrogens is 328 g/mol. The van der Waals surface area contributed by atoms with Crippen LogP contribution in [0.3, 0.4) is 0 Å². The molecule has 0 saturated carbocycles. The number of carbonyl (C=O) groups is 1. The molecule has 1 unspecified atom stereocenters. The average molecular weight is 350 g/mol. The van der Waals surface area contributed by atoms with Gasteiger partial charge >= 0.3 is 0 Å². The lowest BCUT2D eigenvalue weighted by Crippen LogP contribution is -2.47. The lowest BCUT2D eigenvalue weighted by molar-refractivity contribution is -0.133. The summed E-state index contributed by atoms with van der Waals surface area (Å²) in [7, 11) is 1.94. The molecule has 0 bridgehead atoms. The zero-order chi connectivity index (χ0) is 17.9. The van der Waals surface area contributed by atoms with Gasteiger partial charge in [0.2, 0.25) is 0 Å². The highest BCUT2D eigenvalue weighted by molar-refractivity contribution is 5.96. The molecule has 1 aromatic heterocycles. The van der Waals surface area contributed by atoms with Gasteiger partial charge in [-0.15, -0.1) is 0 Å². The van der Waals surface area contributed by atoms with E-state index < -0.39 is 6.10 Å². The molecule has 0 spiro atoms. The maximum atomic E-state index is 12.6. The van der Waals surface area contributed by atoms with Crippen molar-refractivity contribution in [2.75, 3.05) is 25.0 Å². The minimum absolute atomic E-state index is 0.107. The zero-order valence-corrected chi connectivity index (χ0v) is 14.8. The van der Waals surface area contributed by atoms with Crippen molar-refractivity contribution in [2.45, 2.75) is 12.6 Å². The Morgan fingerprint density at radius 2 is 2.12 bits per heavy atom. The normalized spacial score (nSPS) is 18.1. The third-order valence-corrected chi connectivity index (χ3v) is 4.68. The number of nitrogens with zero attached hydrogens (tertiary/aromatic N) is 3. The Balaban J connectivity index is 1.41. The van der Waals surface area contributed by atoms with E-state index in [-0.39, 0.29) is 5.91 Å². The molecular formula is C20H22N4O2. The van der Waals surface area contributed by atoms with Crippen molar-refractivity contribution in [2.24, 2.45) is 7.05 Å². The smallest absolute Gasteiger partial charge is 0.254 e. The lowest BCUT2D eigenvalue weighted by atomic mass is 10.2. The van der Waals surface area contributed by atoms with Gasteiger partial charge in [-0.1, -0.05) is 30.3 Å². The highest BCUT2D eigenvalue weighted by atomic mass is 16.5. The molecule has 1 N–H and O–H groups in total. The summed E-state index contributed by atoms with van der Waals surface area (Å²) in [6.45, 7) is 2.81. The van der Waals surface area contributed by atoms with Crippen molar-refractivity contribution in [3.8, 4) is 0 Å². The molecule has 1 fully saturated rings. The van der Waals surface area contributed by atoms with E-state index in [9.17, 15) is 4.79 Å². The number of rotatable bonds is 4. The predicted molar refractivity (Wildman–Crippen MR) is 101 cm³/mol. The number of hydrogen-bond acceptors (Lipinski definition) is 4. The van der Waals surface area contributed by atoms with E-state index in [4.69, 9.17) is 4.74 Å². The van der Waals surface area contributed by atoms with Crippen LogP contribution in [-0.2, 0) is 23.1 Å². The van der Waals surface area contributed by atoms with Gasteiger partial charge in [0.15, 0.2) is 0 Å². The Morgan fingerprint density at radius 1 is 1.27 bits per heavy atom. The fourth-order valence-electron chi connectivity index (χ4n) is 3.27. The molecule has 4 rings (SSSR count). The van der Waals surface area contributed by atoms with Gasteiger partial charge in [0.25, 0.3) is 5.91 Å². The summed E-state index contributed by atoms with van der Waals surface area (Å²) in [4.78, 5) is 19.2. The van der Waals surface area contributed by atoms with Crippen LogP contribution in [0, 0.1) is 0 Å². The molecule has 1 aliphatic heterocycles. The molecule has 26 heavy (non-hydrogen) atoms. The van der Waals surface area contributed by atoms with Gasteiger partial charge in [0.1, 0.15) is 6.10 Å². The summed E-state index contributed by atoms with van der Waals surface area (Å²) in [5.41, 5.74) is 3.90.